The topological polar surface area (TPSA) is 71.3 Å². The molecule has 0 bridgehead atoms. The number of carbonyl (C=O) groups excluding carboxylic acids is 1. The Kier molecular flexibility index (Phi) is 6.24. The predicted molar refractivity (Wildman–Crippen MR) is 115 cm³/mol. The predicted octanol–water partition coefficient (Wildman–Crippen LogP) is 4.84. The number of anilines is 1. The Morgan fingerprint density at radius 2 is 2.13 bits per heavy atom. The van der Waals surface area contributed by atoms with Crippen molar-refractivity contribution in [2.24, 2.45) is 0 Å². The van der Waals surface area contributed by atoms with E-state index < -0.39 is 0 Å². The Labute approximate surface area is 182 Å². The highest BCUT2D eigenvalue weighted by atomic mass is 79.9. The average molecular weight is 473 g/mol. The fraction of sp³-hybridized carbons (Fsp3) is 0.318. The maximum absolute atomic E-state index is 13.5. The number of nitrogens with one attached hydrogen (secondary N) is 1. The van der Waals surface area contributed by atoms with Gasteiger partial charge in [-0.15, -0.1) is 0 Å². The van der Waals surface area contributed by atoms with Crippen molar-refractivity contribution in [1.82, 2.24) is 15.0 Å². The molecule has 2 heterocycles. The third-order valence-corrected chi connectivity index (χ3v) is 5.84. The van der Waals surface area contributed by atoms with Gasteiger partial charge in [0.25, 0.3) is 0 Å². The van der Waals surface area contributed by atoms with Crippen LogP contribution in [0.5, 0.6) is 0 Å². The summed E-state index contributed by atoms with van der Waals surface area (Å²) in [5.74, 6) is 0.544. The van der Waals surface area contributed by atoms with Crippen molar-refractivity contribution in [1.29, 1.82) is 0 Å². The minimum atomic E-state index is -0.340. The monoisotopic (exact) mass is 472 g/mol. The van der Waals surface area contributed by atoms with Crippen LogP contribution in [0.3, 0.4) is 0 Å². The molecule has 2 aromatic carbocycles. The van der Waals surface area contributed by atoms with E-state index in [9.17, 15) is 9.18 Å². The van der Waals surface area contributed by atoms with Crippen LogP contribution in [0.4, 0.5) is 10.1 Å². The number of likely N-dealkylation sites (tertiary alicyclic amines) is 1. The van der Waals surface area contributed by atoms with E-state index >= 15 is 0 Å². The first-order valence-electron chi connectivity index (χ1n) is 9.89. The highest BCUT2D eigenvalue weighted by Crippen LogP contribution is 2.29. The first-order chi connectivity index (χ1) is 14.5. The van der Waals surface area contributed by atoms with E-state index in [1.54, 1.807) is 12.1 Å². The molecule has 2 atom stereocenters. The van der Waals surface area contributed by atoms with E-state index in [4.69, 9.17) is 4.52 Å². The van der Waals surface area contributed by atoms with Crippen LogP contribution in [-0.4, -0.2) is 40.1 Å². The number of hydrogen-bond acceptors (Lipinski definition) is 5. The van der Waals surface area contributed by atoms with Gasteiger partial charge in [-0.1, -0.05) is 39.3 Å². The summed E-state index contributed by atoms with van der Waals surface area (Å²) in [6, 6.07) is 13.4. The van der Waals surface area contributed by atoms with Gasteiger partial charge < -0.3 is 9.84 Å². The van der Waals surface area contributed by atoms with Gasteiger partial charge in [-0.25, -0.2) is 4.39 Å². The van der Waals surface area contributed by atoms with E-state index in [0.717, 1.165) is 29.5 Å². The van der Waals surface area contributed by atoms with Crippen LogP contribution >= 0.6 is 15.9 Å². The molecule has 4 rings (SSSR count). The molecule has 1 saturated heterocycles. The van der Waals surface area contributed by atoms with Crippen molar-refractivity contribution < 1.29 is 13.7 Å². The molecule has 1 fully saturated rings. The molecule has 0 radical (unpaired) electrons. The normalized spacial score (nSPS) is 18.2. The summed E-state index contributed by atoms with van der Waals surface area (Å²) in [7, 11) is 0. The van der Waals surface area contributed by atoms with Gasteiger partial charge >= 0.3 is 0 Å². The Balaban J connectivity index is 1.42. The minimum absolute atomic E-state index is 0.0367. The number of nitrogens with zero attached hydrogens (tertiary/aromatic N) is 3. The lowest BCUT2D eigenvalue weighted by Crippen LogP contribution is -2.46. The molecule has 3 aromatic rings. The number of aromatic nitrogens is 2. The first kappa shape index (κ1) is 20.7. The lowest BCUT2D eigenvalue weighted by atomic mass is 9.96. The largest absolute Gasteiger partial charge is 0.339 e. The van der Waals surface area contributed by atoms with E-state index in [2.05, 4.69) is 36.3 Å². The van der Waals surface area contributed by atoms with Crippen LogP contribution < -0.4 is 5.32 Å². The maximum atomic E-state index is 13.5. The number of amides is 1. The van der Waals surface area contributed by atoms with Crippen molar-refractivity contribution in [3.8, 4) is 11.4 Å². The zero-order valence-electron chi connectivity index (χ0n) is 16.5. The Bertz CT molecular complexity index is 1040. The Morgan fingerprint density at radius 1 is 1.30 bits per heavy atom. The van der Waals surface area contributed by atoms with Gasteiger partial charge in [-0.2, -0.15) is 4.98 Å². The molecule has 1 amide bonds. The summed E-state index contributed by atoms with van der Waals surface area (Å²) in [6.07, 6.45) is 1.83. The molecule has 0 aliphatic carbocycles. The molecule has 0 spiro atoms. The highest BCUT2D eigenvalue weighted by molar-refractivity contribution is 9.10. The van der Waals surface area contributed by atoms with Crippen molar-refractivity contribution in [3.05, 3.63) is 64.7 Å². The van der Waals surface area contributed by atoms with E-state index in [1.165, 1.54) is 12.1 Å². The molecule has 8 heteroatoms. The molecular weight excluding hydrogens is 451 g/mol. The summed E-state index contributed by atoms with van der Waals surface area (Å²) < 4.78 is 19.9. The zero-order chi connectivity index (χ0) is 21.1. The number of halogens is 2. The molecule has 6 nitrogen and oxygen atoms in total. The Morgan fingerprint density at radius 3 is 2.93 bits per heavy atom. The van der Waals surface area contributed by atoms with Crippen molar-refractivity contribution in [2.75, 3.05) is 18.4 Å². The molecule has 1 N–H and O–H groups in total. The molecular formula is C22H22BrFN4O2. The Hall–Kier alpha value is -2.58. The number of benzene rings is 2. The van der Waals surface area contributed by atoms with Gasteiger partial charge in [0.15, 0.2) is 0 Å². The molecule has 1 aliphatic rings. The fourth-order valence-electron chi connectivity index (χ4n) is 3.68. The van der Waals surface area contributed by atoms with Crippen LogP contribution in [-0.2, 0) is 4.79 Å². The first-order valence-corrected chi connectivity index (χ1v) is 10.7. The van der Waals surface area contributed by atoms with Crippen LogP contribution in [0.15, 0.2) is 57.5 Å². The second kappa shape index (κ2) is 9.06. The van der Waals surface area contributed by atoms with Gasteiger partial charge in [0.05, 0.1) is 12.0 Å². The number of piperidine rings is 1. The summed E-state index contributed by atoms with van der Waals surface area (Å²) in [6.45, 7) is 3.38. The lowest BCUT2D eigenvalue weighted by molar-refractivity contribution is -0.121. The summed E-state index contributed by atoms with van der Waals surface area (Å²) in [4.78, 5) is 19.3. The third kappa shape index (κ3) is 4.76. The van der Waals surface area contributed by atoms with Crippen LogP contribution in [0.25, 0.3) is 11.4 Å². The molecule has 2 unspecified atom stereocenters. The lowest BCUT2D eigenvalue weighted by Gasteiger charge is -2.34. The van der Waals surface area contributed by atoms with Gasteiger partial charge in [0.1, 0.15) is 5.82 Å². The van der Waals surface area contributed by atoms with Crippen LogP contribution in [0.1, 0.15) is 31.6 Å². The van der Waals surface area contributed by atoms with Crippen LogP contribution in [0, 0.1) is 5.82 Å². The SMILES string of the molecule is CC(C(=O)Nc1cccc(Br)c1)N1CCCC(c2nc(-c3cccc(F)c3)no2)C1. The minimum Gasteiger partial charge on any atom is -0.339 e. The average Bonchev–Trinajstić information content (AvgIpc) is 3.24. The highest BCUT2D eigenvalue weighted by Gasteiger charge is 2.31. The molecule has 30 heavy (non-hydrogen) atoms. The second-order valence-electron chi connectivity index (χ2n) is 7.48. The zero-order valence-corrected chi connectivity index (χ0v) is 18.1. The summed E-state index contributed by atoms with van der Waals surface area (Å²) in [5.41, 5.74) is 1.34. The third-order valence-electron chi connectivity index (χ3n) is 5.35. The molecule has 1 aromatic heterocycles. The number of hydrogen-bond donors (Lipinski definition) is 1. The standard InChI is InChI=1S/C22H22BrFN4O2/c1-14(21(29)25-19-9-3-7-17(23)12-19)28-10-4-6-16(13-28)22-26-20(27-30-22)15-5-2-8-18(24)11-15/h2-3,5,7-9,11-12,14,16H,4,6,10,13H2,1H3,(H,25,29). The van der Waals surface area contributed by atoms with E-state index in [1.807, 2.05) is 31.2 Å². The molecule has 1 aliphatic heterocycles. The van der Waals surface area contributed by atoms with Gasteiger partial charge in [0, 0.05) is 22.3 Å². The fourth-order valence-corrected chi connectivity index (χ4v) is 4.08. The maximum Gasteiger partial charge on any atom is 0.241 e. The molecule has 0 saturated carbocycles. The smallest absolute Gasteiger partial charge is 0.241 e. The number of rotatable bonds is 5. The van der Waals surface area contributed by atoms with E-state index in [0.29, 0.717) is 23.8 Å². The molecule has 156 valence electrons. The van der Waals surface area contributed by atoms with Crippen molar-refractivity contribution in [3.63, 3.8) is 0 Å². The van der Waals surface area contributed by atoms with Gasteiger partial charge in [-0.3, -0.25) is 9.69 Å². The summed E-state index contributed by atoms with van der Waals surface area (Å²) in [5, 5.41) is 6.98. The van der Waals surface area contributed by atoms with E-state index in [-0.39, 0.29) is 23.7 Å². The second-order valence-corrected chi connectivity index (χ2v) is 8.39. The van der Waals surface area contributed by atoms with Crippen molar-refractivity contribution in [2.45, 2.75) is 31.7 Å². The summed E-state index contributed by atoms with van der Waals surface area (Å²) >= 11 is 3.42. The quantitative estimate of drug-likeness (QED) is 0.574. The van der Waals surface area contributed by atoms with Crippen molar-refractivity contribution >= 4 is 27.5 Å². The van der Waals surface area contributed by atoms with Gasteiger partial charge in [0.2, 0.25) is 17.6 Å². The van der Waals surface area contributed by atoms with Crippen LogP contribution in [0.2, 0.25) is 0 Å². The number of carbonyl (C=O) groups is 1. The van der Waals surface area contributed by atoms with Gasteiger partial charge in [-0.05, 0) is 56.6 Å².